The van der Waals surface area contributed by atoms with Gasteiger partial charge in [0.15, 0.2) is 0 Å². The second-order valence-electron chi connectivity index (χ2n) is 7.45. The maximum Gasteiger partial charge on any atom is 0.272 e. The second kappa shape index (κ2) is 11.5. The Kier molecular flexibility index (Phi) is 8.78. The van der Waals surface area contributed by atoms with Gasteiger partial charge in [-0.05, 0) is 31.9 Å². The lowest BCUT2D eigenvalue weighted by Gasteiger charge is -2.33. The van der Waals surface area contributed by atoms with Crippen LogP contribution in [0.1, 0.15) is 32.6 Å². The lowest BCUT2D eigenvalue weighted by atomic mass is 10.1. The fourth-order valence-electron chi connectivity index (χ4n) is 3.61. The number of aromatic nitrogens is 1. The molecule has 0 amide bonds. The second-order valence-corrected chi connectivity index (χ2v) is 10.0. The topological polar surface area (TPSA) is 110 Å². The van der Waals surface area contributed by atoms with Gasteiger partial charge < -0.3 is 19.9 Å². The highest BCUT2D eigenvalue weighted by molar-refractivity contribution is 7.56. The molecule has 2 aromatic rings. The SMILES string of the molecule is CCOP(=O)(CCCCCCNc1c(Nc2ccncc2)c(=O)c1=O)N1CCOCC1. The van der Waals surface area contributed by atoms with Crippen LogP contribution in [0.4, 0.5) is 17.1 Å². The third kappa shape index (κ3) is 6.23. The van der Waals surface area contributed by atoms with E-state index in [1.54, 1.807) is 24.5 Å². The number of ether oxygens (including phenoxy) is 1. The van der Waals surface area contributed by atoms with Gasteiger partial charge in [-0.1, -0.05) is 12.8 Å². The molecule has 1 saturated heterocycles. The monoisotopic (exact) mass is 450 g/mol. The van der Waals surface area contributed by atoms with Gasteiger partial charge in [0, 0.05) is 43.9 Å². The number of nitrogens with zero attached hydrogens (tertiary/aromatic N) is 2. The minimum absolute atomic E-state index is 0.305. The maximum absolute atomic E-state index is 13.2. The lowest BCUT2D eigenvalue weighted by Crippen LogP contribution is -2.36. The molecule has 9 nitrogen and oxygen atoms in total. The molecule has 1 fully saturated rings. The van der Waals surface area contributed by atoms with Crippen molar-refractivity contribution in [3.05, 3.63) is 45.0 Å². The molecule has 1 unspecified atom stereocenters. The Morgan fingerprint density at radius 1 is 1.06 bits per heavy atom. The molecule has 0 bridgehead atoms. The first-order valence-corrected chi connectivity index (χ1v) is 12.6. The number of rotatable bonds is 13. The van der Waals surface area contributed by atoms with Gasteiger partial charge in [0.25, 0.3) is 18.4 Å². The summed E-state index contributed by atoms with van der Waals surface area (Å²) in [5.41, 5.74) is 0.368. The Balaban J connectivity index is 1.38. The average molecular weight is 450 g/mol. The first-order valence-electron chi connectivity index (χ1n) is 10.9. The van der Waals surface area contributed by atoms with Gasteiger partial charge in [0.2, 0.25) is 0 Å². The zero-order chi connectivity index (χ0) is 22.1. The number of anilines is 3. The quantitative estimate of drug-likeness (QED) is 0.270. The average Bonchev–Trinajstić information content (AvgIpc) is 2.81. The standard InChI is InChI=1S/C21H31N4O5P/c1-2-30-31(28,25-12-14-29-15-13-25)16-6-4-3-5-9-23-18-19(21(27)20(18)26)24-17-7-10-22-11-8-17/h7-8,10-11,23H,2-6,9,12-16H2,1H3,(H,22,24). The summed E-state index contributed by atoms with van der Waals surface area (Å²) in [6.45, 7) is 5.41. The molecular weight excluding hydrogens is 419 g/mol. The Morgan fingerprint density at radius 3 is 2.45 bits per heavy atom. The predicted octanol–water partition coefficient (Wildman–Crippen LogP) is 2.96. The molecule has 2 N–H and O–H groups in total. The number of hydrogen-bond acceptors (Lipinski definition) is 8. The molecule has 1 aliphatic rings. The molecule has 1 aliphatic heterocycles. The molecule has 0 spiro atoms. The van der Waals surface area contributed by atoms with Crippen LogP contribution in [0.5, 0.6) is 0 Å². The predicted molar refractivity (Wildman–Crippen MR) is 122 cm³/mol. The molecule has 1 atom stereocenters. The van der Waals surface area contributed by atoms with Crippen molar-refractivity contribution in [2.24, 2.45) is 0 Å². The highest BCUT2D eigenvalue weighted by atomic mass is 31.2. The zero-order valence-electron chi connectivity index (χ0n) is 18.0. The fraction of sp³-hybridized carbons (Fsp3) is 0.571. The van der Waals surface area contributed by atoms with Gasteiger partial charge in [-0.2, -0.15) is 0 Å². The number of hydrogen-bond donors (Lipinski definition) is 2. The molecule has 10 heteroatoms. The zero-order valence-corrected chi connectivity index (χ0v) is 18.9. The van der Waals surface area contributed by atoms with Crippen LogP contribution in [0, 0.1) is 0 Å². The molecule has 170 valence electrons. The largest absolute Gasteiger partial charge is 0.380 e. The molecule has 1 aromatic heterocycles. The summed E-state index contributed by atoms with van der Waals surface area (Å²) in [5.74, 6) is 0. The van der Waals surface area contributed by atoms with Crippen molar-refractivity contribution >= 4 is 24.6 Å². The van der Waals surface area contributed by atoms with Crippen molar-refractivity contribution < 1.29 is 13.8 Å². The first kappa shape index (κ1) is 23.6. The smallest absolute Gasteiger partial charge is 0.272 e. The molecule has 0 aliphatic carbocycles. The van der Waals surface area contributed by atoms with E-state index < -0.39 is 18.4 Å². The van der Waals surface area contributed by atoms with E-state index in [0.29, 0.717) is 62.7 Å². The van der Waals surface area contributed by atoms with E-state index in [1.807, 2.05) is 11.6 Å². The number of unbranched alkanes of at least 4 members (excludes halogenated alkanes) is 3. The van der Waals surface area contributed by atoms with Crippen LogP contribution in [-0.4, -0.2) is 55.3 Å². The summed E-state index contributed by atoms with van der Waals surface area (Å²) in [4.78, 5) is 27.7. The Labute approximate surface area is 182 Å². The summed E-state index contributed by atoms with van der Waals surface area (Å²) < 4.78 is 26.2. The van der Waals surface area contributed by atoms with Gasteiger partial charge in [-0.3, -0.25) is 19.1 Å². The van der Waals surface area contributed by atoms with Crippen LogP contribution in [0.25, 0.3) is 0 Å². The molecule has 2 heterocycles. The van der Waals surface area contributed by atoms with Crippen molar-refractivity contribution in [2.75, 3.05) is 56.3 Å². The van der Waals surface area contributed by atoms with Crippen molar-refractivity contribution in [3.8, 4) is 0 Å². The minimum atomic E-state index is -2.78. The van der Waals surface area contributed by atoms with Gasteiger partial charge >= 0.3 is 0 Å². The lowest BCUT2D eigenvalue weighted by molar-refractivity contribution is 0.0649. The van der Waals surface area contributed by atoms with E-state index in [4.69, 9.17) is 9.26 Å². The number of nitrogens with one attached hydrogen (secondary N) is 2. The molecule has 0 saturated carbocycles. The van der Waals surface area contributed by atoms with Gasteiger partial charge in [0.05, 0.1) is 19.8 Å². The van der Waals surface area contributed by atoms with Crippen LogP contribution in [0.15, 0.2) is 34.1 Å². The number of morpholine rings is 1. The van der Waals surface area contributed by atoms with Crippen LogP contribution in [0.2, 0.25) is 0 Å². The summed E-state index contributed by atoms with van der Waals surface area (Å²) >= 11 is 0. The summed E-state index contributed by atoms with van der Waals surface area (Å²) in [7, 11) is -2.78. The fourth-order valence-corrected chi connectivity index (χ4v) is 5.99. The van der Waals surface area contributed by atoms with Gasteiger partial charge in [-0.15, -0.1) is 0 Å². The van der Waals surface area contributed by atoms with E-state index in [2.05, 4.69) is 15.6 Å². The van der Waals surface area contributed by atoms with Crippen molar-refractivity contribution in [2.45, 2.75) is 32.6 Å². The van der Waals surface area contributed by atoms with Crippen molar-refractivity contribution in [1.82, 2.24) is 9.65 Å². The van der Waals surface area contributed by atoms with Crippen molar-refractivity contribution in [3.63, 3.8) is 0 Å². The highest BCUT2D eigenvalue weighted by Gasteiger charge is 2.32. The van der Waals surface area contributed by atoms with E-state index in [0.717, 1.165) is 25.7 Å². The van der Waals surface area contributed by atoms with E-state index in [9.17, 15) is 14.2 Å². The normalized spacial score (nSPS) is 16.8. The molecule has 3 rings (SSSR count). The van der Waals surface area contributed by atoms with E-state index in [1.165, 1.54) is 0 Å². The molecule has 1 aromatic carbocycles. The number of pyridine rings is 1. The third-order valence-electron chi connectivity index (χ3n) is 5.28. The van der Waals surface area contributed by atoms with Crippen LogP contribution in [-0.2, 0) is 13.8 Å². The van der Waals surface area contributed by atoms with Crippen LogP contribution >= 0.6 is 7.52 Å². The molecule has 0 radical (unpaired) electrons. The highest BCUT2D eigenvalue weighted by Crippen LogP contribution is 2.51. The van der Waals surface area contributed by atoms with Crippen LogP contribution in [0.3, 0.4) is 0 Å². The van der Waals surface area contributed by atoms with E-state index in [-0.39, 0.29) is 0 Å². The third-order valence-corrected chi connectivity index (χ3v) is 8.08. The summed E-state index contributed by atoms with van der Waals surface area (Å²) in [5, 5.41) is 6.06. The van der Waals surface area contributed by atoms with Crippen molar-refractivity contribution in [1.29, 1.82) is 0 Å². The Morgan fingerprint density at radius 2 is 1.74 bits per heavy atom. The minimum Gasteiger partial charge on any atom is -0.380 e. The Hall–Kier alpha value is -2.06. The summed E-state index contributed by atoms with van der Waals surface area (Å²) in [6.07, 6.45) is 7.32. The summed E-state index contributed by atoms with van der Waals surface area (Å²) in [6, 6.07) is 3.47. The van der Waals surface area contributed by atoms with E-state index >= 15 is 0 Å². The Bertz CT molecular complexity index is 939. The molecular formula is C21H31N4O5P. The van der Waals surface area contributed by atoms with Gasteiger partial charge in [-0.25, -0.2) is 4.67 Å². The first-order chi connectivity index (χ1) is 15.0. The van der Waals surface area contributed by atoms with Gasteiger partial charge in [0.1, 0.15) is 11.4 Å². The maximum atomic E-state index is 13.2. The molecule has 31 heavy (non-hydrogen) atoms. The van der Waals surface area contributed by atoms with Crippen LogP contribution < -0.4 is 21.5 Å².